The Morgan fingerprint density at radius 1 is 1.03 bits per heavy atom. The number of aromatic amines is 1. The second-order valence-corrected chi connectivity index (χ2v) is 8.78. The molecule has 2 heterocycles. The second kappa shape index (κ2) is 10.9. The lowest BCUT2D eigenvalue weighted by Crippen LogP contribution is -2.34. The number of primary amides is 1. The fourth-order valence-corrected chi connectivity index (χ4v) is 4.13. The number of hydrogen-bond donors (Lipinski definition) is 5. The summed E-state index contributed by atoms with van der Waals surface area (Å²) in [4.78, 5) is 38.9. The molecular formula is C26H30N8O2. The molecule has 2 atom stereocenters. The van der Waals surface area contributed by atoms with Crippen LogP contribution in [0.15, 0.2) is 66.9 Å². The third kappa shape index (κ3) is 5.78. The molecule has 4 rings (SSSR count). The Kier molecular flexibility index (Phi) is 7.45. The first-order valence-electron chi connectivity index (χ1n) is 11.6. The van der Waals surface area contributed by atoms with Crippen LogP contribution in [0.5, 0.6) is 0 Å². The Hall–Kier alpha value is -4.44. The highest BCUT2D eigenvalue weighted by atomic mass is 16.2. The second-order valence-electron chi connectivity index (χ2n) is 8.78. The molecule has 0 fully saturated rings. The average Bonchev–Trinajstić information content (AvgIpc) is 3.28. The number of para-hydroxylation sites is 4. The van der Waals surface area contributed by atoms with Crippen molar-refractivity contribution in [3.8, 4) is 0 Å². The highest BCUT2D eigenvalue weighted by molar-refractivity contribution is 6.04. The molecule has 0 aliphatic heterocycles. The molecule has 2 aromatic carbocycles. The monoisotopic (exact) mass is 486 g/mol. The number of nitrogens with zero attached hydrogens (tertiary/aromatic N) is 3. The van der Waals surface area contributed by atoms with Crippen LogP contribution in [0.4, 0.5) is 16.2 Å². The van der Waals surface area contributed by atoms with E-state index < -0.39 is 6.03 Å². The topological polar surface area (TPSA) is 155 Å². The Morgan fingerprint density at radius 2 is 1.78 bits per heavy atom. The Morgan fingerprint density at radius 3 is 2.44 bits per heavy atom. The van der Waals surface area contributed by atoms with Crippen molar-refractivity contribution in [2.75, 3.05) is 25.1 Å². The molecule has 0 saturated carbocycles. The van der Waals surface area contributed by atoms with Crippen molar-refractivity contribution in [2.24, 2.45) is 5.73 Å². The number of carbonyl (C=O) groups is 2. The molecule has 0 aliphatic carbocycles. The Labute approximate surface area is 209 Å². The summed E-state index contributed by atoms with van der Waals surface area (Å²) in [7, 11) is 3.98. The van der Waals surface area contributed by atoms with E-state index >= 15 is 0 Å². The molecule has 4 aromatic rings. The van der Waals surface area contributed by atoms with Crippen molar-refractivity contribution in [1.29, 1.82) is 0 Å². The van der Waals surface area contributed by atoms with E-state index in [-0.39, 0.29) is 23.7 Å². The number of rotatable bonds is 9. The average molecular weight is 487 g/mol. The van der Waals surface area contributed by atoms with E-state index in [1.807, 2.05) is 38.4 Å². The predicted octanol–water partition coefficient (Wildman–Crippen LogP) is 3.58. The molecular weight excluding hydrogens is 456 g/mol. The van der Waals surface area contributed by atoms with E-state index in [1.54, 1.807) is 42.6 Å². The van der Waals surface area contributed by atoms with Gasteiger partial charge in [-0.25, -0.2) is 9.78 Å². The van der Waals surface area contributed by atoms with Crippen molar-refractivity contribution in [2.45, 2.75) is 24.9 Å². The molecule has 36 heavy (non-hydrogen) atoms. The third-order valence-electron chi connectivity index (χ3n) is 6.02. The molecule has 10 heteroatoms. The zero-order chi connectivity index (χ0) is 25.7. The molecule has 3 amide bonds. The van der Waals surface area contributed by atoms with Gasteiger partial charge in [-0.2, -0.15) is 0 Å². The van der Waals surface area contributed by atoms with Gasteiger partial charge in [0.1, 0.15) is 11.5 Å². The first kappa shape index (κ1) is 24.7. The zero-order valence-corrected chi connectivity index (χ0v) is 20.2. The molecule has 7 N–H and O–H groups in total. The van der Waals surface area contributed by atoms with E-state index in [9.17, 15) is 9.59 Å². The number of imidazole rings is 1. The summed E-state index contributed by atoms with van der Waals surface area (Å²) in [5.74, 6) is 0.473. The maximum Gasteiger partial charge on any atom is 0.312 e. The molecule has 186 valence electrons. The Bertz CT molecular complexity index is 1320. The molecule has 0 aliphatic rings. The summed E-state index contributed by atoms with van der Waals surface area (Å²) < 4.78 is 0. The lowest BCUT2D eigenvalue weighted by atomic mass is 9.99. The number of H-pyrrole nitrogens is 1. The van der Waals surface area contributed by atoms with Gasteiger partial charge in [0.15, 0.2) is 0 Å². The number of anilines is 2. The van der Waals surface area contributed by atoms with E-state index in [0.29, 0.717) is 24.2 Å². The molecule has 10 nitrogen and oxygen atoms in total. The zero-order valence-electron chi connectivity index (χ0n) is 20.2. The number of urea groups is 1. The first-order valence-corrected chi connectivity index (χ1v) is 11.6. The van der Waals surface area contributed by atoms with E-state index in [2.05, 4.69) is 25.5 Å². The van der Waals surface area contributed by atoms with Gasteiger partial charge in [0, 0.05) is 6.20 Å². The van der Waals surface area contributed by atoms with Gasteiger partial charge in [-0.3, -0.25) is 14.7 Å². The minimum atomic E-state index is -0.633. The lowest BCUT2D eigenvalue weighted by Gasteiger charge is -2.25. The summed E-state index contributed by atoms with van der Waals surface area (Å²) in [6.45, 7) is 0. The fourth-order valence-electron chi connectivity index (χ4n) is 4.13. The van der Waals surface area contributed by atoms with Crippen molar-refractivity contribution in [1.82, 2.24) is 25.2 Å². The number of hydrogen-bond acceptors (Lipinski definition) is 6. The van der Waals surface area contributed by atoms with Gasteiger partial charge < -0.3 is 27.1 Å². The number of carbonyl (C=O) groups excluding carboxylic acids is 2. The molecule has 0 radical (unpaired) electrons. The van der Waals surface area contributed by atoms with Gasteiger partial charge in [0.05, 0.1) is 34.5 Å². The third-order valence-corrected chi connectivity index (χ3v) is 6.02. The number of nitrogens with one attached hydrogen (secondary N) is 3. The van der Waals surface area contributed by atoms with E-state index in [0.717, 1.165) is 22.4 Å². The first-order chi connectivity index (χ1) is 17.3. The van der Waals surface area contributed by atoms with Crippen LogP contribution in [0.3, 0.4) is 0 Å². The molecule has 2 unspecified atom stereocenters. The van der Waals surface area contributed by atoms with Gasteiger partial charge in [-0.05, 0) is 62.8 Å². The number of pyridine rings is 1. The summed E-state index contributed by atoms with van der Waals surface area (Å²) in [6, 6.07) is 17.2. The SMILES string of the molecule is CN(C)C(CCC(NC(N)=O)c1ccc(C(=O)Nc2ccccc2N)nc1)c1nc2ccccc2[nH]1. The van der Waals surface area contributed by atoms with Crippen molar-refractivity contribution in [3.05, 3.63) is 83.9 Å². The number of nitrogens with two attached hydrogens (primary N) is 2. The summed E-state index contributed by atoms with van der Waals surface area (Å²) in [5.41, 5.74) is 15.2. The van der Waals surface area contributed by atoms with Crippen LogP contribution in [0.25, 0.3) is 11.0 Å². The molecule has 0 spiro atoms. The van der Waals surface area contributed by atoms with Gasteiger partial charge in [-0.15, -0.1) is 0 Å². The normalized spacial score (nSPS) is 12.9. The number of benzene rings is 2. The lowest BCUT2D eigenvalue weighted by molar-refractivity contribution is 0.102. The van der Waals surface area contributed by atoms with E-state index in [1.165, 1.54) is 0 Å². The smallest absolute Gasteiger partial charge is 0.312 e. The van der Waals surface area contributed by atoms with Gasteiger partial charge in [-0.1, -0.05) is 30.3 Å². The van der Waals surface area contributed by atoms with Crippen LogP contribution in [-0.4, -0.2) is 45.9 Å². The van der Waals surface area contributed by atoms with Crippen molar-refractivity contribution < 1.29 is 9.59 Å². The van der Waals surface area contributed by atoms with Crippen LogP contribution in [-0.2, 0) is 0 Å². The van der Waals surface area contributed by atoms with Gasteiger partial charge in [0.2, 0.25) is 0 Å². The number of nitrogen functional groups attached to an aromatic ring is 1. The maximum absolute atomic E-state index is 12.6. The van der Waals surface area contributed by atoms with Crippen molar-refractivity contribution in [3.63, 3.8) is 0 Å². The molecule has 2 aromatic heterocycles. The number of amides is 3. The molecule has 0 bridgehead atoms. The van der Waals surface area contributed by atoms with E-state index in [4.69, 9.17) is 16.5 Å². The van der Waals surface area contributed by atoms with Gasteiger partial charge >= 0.3 is 6.03 Å². The maximum atomic E-state index is 12.6. The van der Waals surface area contributed by atoms with Crippen LogP contribution >= 0.6 is 0 Å². The van der Waals surface area contributed by atoms with Crippen LogP contribution in [0, 0.1) is 0 Å². The minimum Gasteiger partial charge on any atom is -0.397 e. The summed E-state index contributed by atoms with van der Waals surface area (Å²) in [6.07, 6.45) is 2.85. The predicted molar refractivity (Wildman–Crippen MR) is 140 cm³/mol. The largest absolute Gasteiger partial charge is 0.397 e. The minimum absolute atomic E-state index is 0.0103. The number of aromatic nitrogens is 3. The highest BCUT2D eigenvalue weighted by Gasteiger charge is 2.22. The quantitative estimate of drug-likeness (QED) is 0.228. The van der Waals surface area contributed by atoms with Crippen molar-refractivity contribution >= 4 is 34.3 Å². The van der Waals surface area contributed by atoms with Crippen LogP contribution in [0.2, 0.25) is 0 Å². The Balaban J connectivity index is 1.48. The van der Waals surface area contributed by atoms with Crippen LogP contribution in [0.1, 0.15) is 46.8 Å². The standard InChI is InChI=1S/C26H30N8O2/c1-34(2)23(24-30-20-9-5-6-10-21(20)31-24)14-13-18(33-26(28)36)16-11-12-22(29-15-16)25(35)32-19-8-4-3-7-17(19)27/h3-12,15,18,23H,13-14,27H2,1-2H3,(H,30,31)(H,32,35)(H3,28,33,36). The fraction of sp³-hybridized carbons (Fsp3) is 0.231. The summed E-state index contributed by atoms with van der Waals surface area (Å²) >= 11 is 0. The molecule has 0 saturated heterocycles. The summed E-state index contributed by atoms with van der Waals surface area (Å²) in [5, 5.41) is 5.55. The van der Waals surface area contributed by atoms with Crippen LogP contribution < -0.4 is 22.1 Å². The van der Waals surface area contributed by atoms with Gasteiger partial charge in [0.25, 0.3) is 5.91 Å². The highest BCUT2D eigenvalue weighted by Crippen LogP contribution is 2.28. The number of fused-ring (bicyclic) bond motifs is 1.